The Bertz CT molecular complexity index is 223. The van der Waals surface area contributed by atoms with E-state index in [1.165, 1.54) is 19.3 Å². The second-order valence-corrected chi connectivity index (χ2v) is 5.88. The maximum absolute atomic E-state index is 3.68. The van der Waals surface area contributed by atoms with Gasteiger partial charge in [0.05, 0.1) is 0 Å². The minimum absolute atomic E-state index is 0.669. The van der Waals surface area contributed by atoms with E-state index in [0.29, 0.717) is 6.04 Å². The summed E-state index contributed by atoms with van der Waals surface area (Å²) in [6, 6.07) is 2.38. The monoisotopic (exact) mass is 224 g/mol. The van der Waals surface area contributed by atoms with Crippen molar-refractivity contribution < 1.29 is 0 Å². The van der Waals surface area contributed by atoms with E-state index in [1.54, 1.807) is 0 Å². The highest BCUT2D eigenvalue weighted by atomic mass is 15.1. The molecule has 0 aromatic carbocycles. The lowest BCUT2D eigenvalue weighted by Crippen LogP contribution is -2.47. The standard InChI is InChI=1S/C14H28N2/c1-5-12(10(4)15-6-2)9(3)13-7-11-8-14(13)16-11/h9-16H,5-8H2,1-4H3. The molecule has 1 aliphatic carbocycles. The maximum Gasteiger partial charge on any atom is 0.0116 e. The van der Waals surface area contributed by atoms with Gasteiger partial charge in [0.1, 0.15) is 0 Å². The van der Waals surface area contributed by atoms with E-state index in [-0.39, 0.29) is 0 Å². The van der Waals surface area contributed by atoms with Crippen LogP contribution < -0.4 is 10.6 Å². The van der Waals surface area contributed by atoms with E-state index in [9.17, 15) is 0 Å². The quantitative estimate of drug-likeness (QED) is 0.724. The smallest absolute Gasteiger partial charge is 0.0116 e. The average Bonchev–Trinajstić information content (AvgIpc) is 2.76. The lowest BCUT2D eigenvalue weighted by molar-refractivity contribution is 0.183. The van der Waals surface area contributed by atoms with Gasteiger partial charge in [-0.05, 0) is 44.1 Å². The van der Waals surface area contributed by atoms with Crippen molar-refractivity contribution in [3.05, 3.63) is 0 Å². The molecule has 3 rings (SSSR count). The van der Waals surface area contributed by atoms with Gasteiger partial charge < -0.3 is 10.6 Å². The summed E-state index contributed by atoms with van der Waals surface area (Å²) in [5.41, 5.74) is 0. The lowest BCUT2D eigenvalue weighted by Gasteiger charge is -2.35. The highest BCUT2D eigenvalue weighted by Gasteiger charge is 2.47. The Morgan fingerprint density at radius 2 is 1.94 bits per heavy atom. The molecule has 2 N–H and O–H groups in total. The molecule has 0 aromatic rings. The van der Waals surface area contributed by atoms with Crippen LogP contribution in [0.5, 0.6) is 0 Å². The van der Waals surface area contributed by atoms with Crippen molar-refractivity contribution in [3.8, 4) is 0 Å². The average molecular weight is 224 g/mol. The van der Waals surface area contributed by atoms with Gasteiger partial charge >= 0.3 is 0 Å². The van der Waals surface area contributed by atoms with E-state index in [1.807, 2.05) is 0 Å². The van der Waals surface area contributed by atoms with Crippen molar-refractivity contribution in [3.63, 3.8) is 0 Å². The summed E-state index contributed by atoms with van der Waals surface area (Å²) in [5, 5.41) is 7.29. The van der Waals surface area contributed by atoms with E-state index >= 15 is 0 Å². The number of hydrogen-bond acceptors (Lipinski definition) is 2. The van der Waals surface area contributed by atoms with Gasteiger partial charge in [-0.2, -0.15) is 0 Å². The van der Waals surface area contributed by atoms with Gasteiger partial charge in [0, 0.05) is 18.1 Å². The van der Waals surface area contributed by atoms with Crippen LogP contribution in [0.15, 0.2) is 0 Å². The van der Waals surface area contributed by atoms with Crippen LogP contribution in [0.1, 0.15) is 47.0 Å². The summed E-state index contributed by atoms with van der Waals surface area (Å²) in [6.07, 6.45) is 4.19. The molecule has 94 valence electrons. The zero-order chi connectivity index (χ0) is 11.7. The van der Waals surface area contributed by atoms with Crippen molar-refractivity contribution in [2.75, 3.05) is 6.54 Å². The van der Waals surface area contributed by atoms with Gasteiger partial charge in [-0.1, -0.05) is 27.2 Å². The molecule has 3 fully saturated rings. The lowest BCUT2D eigenvalue weighted by atomic mass is 9.76. The minimum Gasteiger partial charge on any atom is -0.314 e. The van der Waals surface area contributed by atoms with Gasteiger partial charge in [0.2, 0.25) is 0 Å². The first-order valence-electron chi connectivity index (χ1n) is 7.16. The summed E-state index contributed by atoms with van der Waals surface area (Å²) < 4.78 is 0. The van der Waals surface area contributed by atoms with Gasteiger partial charge in [0.25, 0.3) is 0 Å². The Kier molecular flexibility index (Phi) is 3.91. The Morgan fingerprint density at radius 3 is 2.38 bits per heavy atom. The van der Waals surface area contributed by atoms with Crippen LogP contribution in [0.3, 0.4) is 0 Å². The van der Waals surface area contributed by atoms with Crippen LogP contribution in [-0.4, -0.2) is 24.7 Å². The second-order valence-electron chi connectivity index (χ2n) is 5.88. The highest BCUT2D eigenvalue weighted by molar-refractivity contribution is 5.05. The number of nitrogens with one attached hydrogen (secondary N) is 2. The van der Waals surface area contributed by atoms with E-state index in [0.717, 1.165) is 36.4 Å². The van der Waals surface area contributed by atoms with Crippen molar-refractivity contribution in [1.82, 2.24) is 10.6 Å². The zero-order valence-corrected chi connectivity index (χ0v) is 11.3. The molecule has 6 atom stereocenters. The summed E-state index contributed by atoms with van der Waals surface area (Å²) in [4.78, 5) is 0. The molecule has 3 aliphatic rings. The minimum atomic E-state index is 0.669. The topological polar surface area (TPSA) is 24.1 Å². The first-order chi connectivity index (χ1) is 7.67. The number of hydrogen-bond donors (Lipinski definition) is 2. The Balaban J connectivity index is 1.92. The van der Waals surface area contributed by atoms with E-state index < -0.39 is 0 Å². The summed E-state index contributed by atoms with van der Waals surface area (Å²) in [5.74, 6) is 2.64. The number of fused-ring (bicyclic) bond motifs is 1. The molecule has 0 amide bonds. The summed E-state index contributed by atoms with van der Waals surface area (Å²) >= 11 is 0. The fraction of sp³-hybridized carbons (Fsp3) is 1.00. The molecule has 2 saturated heterocycles. The fourth-order valence-corrected chi connectivity index (χ4v) is 4.09. The molecule has 2 aliphatic heterocycles. The molecule has 2 nitrogen and oxygen atoms in total. The third kappa shape index (κ3) is 2.14. The van der Waals surface area contributed by atoms with Crippen LogP contribution in [0, 0.1) is 17.8 Å². The predicted octanol–water partition coefficient (Wildman–Crippen LogP) is 2.40. The van der Waals surface area contributed by atoms with Crippen molar-refractivity contribution in [2.24, 2.45) is 17.8 Å². The molecule has 6 unspecified atom stereocenters. The van der Waals surface area contributed by atoms with Crippen molar-refractivity contribution in [1.29, 1.82) is 0 Å². The Morgan fingerprint density at radius 1 is 1.25 bits per heavy atom. The first-order valence-corrected chi connectivity index (χ1v) is 7.16. The predicted molar refractivity (Wildman–Crippen MR) is 69.5 cm³/mol. The normalized spacial score (nSPS) is 37.9. The molecule has 0 aromatic heterocycles. The zero-order valence-electron chi connectivity index (χ0n) is 11.3. The molecule has 1 saturated carbocycles. The van der Waals surface area contributed by atoms with Crippen LogP contribution in [-0.2, 0) is 0 Å². The first kappa shape index (κ1) is 12.4. The SMILES string of the molecule is CCNC(C)C(CC)C(C)C1CC2CC1N2. The van der Waals surface area contributed by atoms with Gasteiger partial charge in [-0.3, -0.25) is 0 Å². The van der Waals surface area contributed by atoms with Crippen molar-refractivity contribution in [2.45, 2.75) is 65.1 Å². The second kappa shape index (κ2) is 5.05. The Labute approximate surface area is 101 Å². The molecular formula is C14H28N2. The fourth-order valence-electron chi connectivity index (χ4n) is 4.09. The van der Waals surface area contributed by atoms with Crippen LogP contribution in [0.25, 0.3) is 0 Å². The van der Waals surface area contributed by atoms with Gasteiger partial charge in [-0.15, -0.1) is 0 Å². The third-order valence-electron chi connectivity index (χ3n) is 5.05. The molecule has 0 radical (unpaired) electrons. The van der Waals surface area contributed by atoms with Gasteiger partial charge in [0.15, 0.2) is 0 Å². The largest absolute Gasteiger partial charge is 0.314 e. The molecule has 2 heterocycles. The van der Waals surface area contributed by atoms with Crippen LogP contribution in [0.4, 0.5) is 0 Å². The van der Waals surface area contributed by atoms with Crippen LogP contribution in [0.2, 0.25) is 0 Å². The van der Waals surface area contributed by atoms with Crippen molar-refractivity contribution >= 4 is 0 Å². The maximum atomic E-state index is 3.68. The molecular weight excluding hydrogens is 196 g/mol. The number of rotatable bonds is 6. The van der Waals surface area contributed by atoms with E-state index in [2.05, 4.69) is 38.3 Å². The highest BCUT2D eigenvalue weighted by Crippen LogP contribution is 2.43. The third-order valence-corrected chi connectivity index (χ3v) is 5.05. The summed E-state index contributed by atoms with van der Waals surface area (Å²) in [6.45, 7) is 10.5. The van der Waals surface area contributed by atoms with Crippen LogP contribution >= 0.6 is 0 Å². The molecule has 16 heavy (non-hydrogen) atoms. The summed E-state index contributed by atoms with van der Waals surface area (Å²) in [7, 11) is 0. The molecule has 2 bridgehead atoms. The van der Waals surface area contributed by atoms with E-state index in [4.69, 9.17) is 0 Å². The van der Waals surface area contributed by atoms with Gasteiger partial charge in [-0.25, -0.2) is 0 Å². The Hall–Kier alpha value is -0.0800. The molecule has 2 heteroatoms. The molecule has 0 spiro atoms.